The first kappa shape index (κ1) is 19.6. The van der Waals surface area contributed by atoms with Crippen molar-refractivity contribution in [1.82, 2.24) is 15.2 Å². The zero-order valence-electron chi connectivity index (χ0n) is 16.1. The fourth-order valence-electron chi connectivity index (χ4n) is 3.23. The molecule has 2 aromatic rings. The summed E-state index contributed by atoms with van der Waals surface area (Å²) in [5, 5.41) is 6.67. The molecule has 1 aromatic heterocycles. The van der Waals surface area contributed by atoms with Crippen LogP contribution in [0.3, 0.4) is 0 Å². The highest BCUT2D eigenvalue weighted by Crippen LogP contribution is 2.20. The SMILES string of the molecule is CCNC(=NCCCc1nc(C)cs1)N1CCN(c2ccccc2F)CC1. The molecule has 0 aliphatic carbocycles. The van der Waals surface area contributed by atoms with Crippen molar-refractivity contribution in [2.75, 3.05) is 44.2 Å². The monoisotopic (exact) mass is 389 g/mol. The molecule has 1 aliphatic rings. The molecule has 1 N–H and O–H groups in total. The molecule has 0 unspecified atom stereocenters. The number of rotatable bonds is 6. The van der Waals surface area contributed by atoms with Gasteiger partial charge in [0.1, 0.15) is 5.82 Å². The Bertz CT molecular complexity index is 752. The van der Waals surface area contributed by atoms with Crippen molar-refractivity contribution in [1.29, 1.82) is 0 Å². The minimum absolute atomic E-state index is 0.149. The van der Waals surface area contributed by atoms with Crippen molar-refractivity contribution in [2.24, 2.45) is 4.99 Å². The van der Waals surface area contributed by atoms with Crippen LogP contribution in [0, 0.1) is 12.7 Å². The van der Waals surface area contributed by atoms with Gasteiger partial charge in [0.05, 0.1) is 10.7 Å². The fourth-order valence-corrected chi connectivity index (χ4v) is 4.04. The lowest BCUT2D eigenvalue weighted by Gasteiger charge is -2.37. The van der Waals surface area contributed by atoms with Crippen LogP contribution in [0.5, 0.6) is 0 Å². The van der Waals surface area contributed by atoms with Crippen LogP contribution in [0.15, 0.2) is 34.6 Å². The van der Waals surface area contributed by atoms with Crippen LogP contribution < -0.4 is 10.2 Å². The Morgan fingerprint density at radius 3 is 2.70 bits per heavy atom. The first-order valence-corrected chi connectivity index (χ1v) is 10.5. The number of piperazine rings is 1. The number of halogens is 1. The molecule has 0 bridgehead atoms. The molecule has 27 heavy (non-hydrogen) atoms. The lowest BCUT2D eigenvalue weighted by molar-refractivity contribution is 0.370. The van der Waals surface area contributed by atoms with Crippen molar-refractivity contribution in [3.63, 3.8) is 0 Å². The second-order valence-electron chi connectivity index (χ2n) is 6.65. The summed E-state index contributed by atoms with van der Waals surface area (Å²) in [7, 11) is 0. The van der Waals surface area contributed by atoms with E-state index >= 15 is 0 Å². The second kappa shape index (κ2) is 9.69. The first-order valence-electron chi connectivity index (χ1n) is 9.61. The highest BCUT2D eigenvalue weighted by molar-refractivity contribution is 7.09. The highest BCUT2D eigenvalue weighted by atomic mass is 32.1. The Balaban J connectivity index is 1.52. The van der Waals surface area contributed by atoms with Gasteiger partial charge in [0.25, 0.3) is 0 Å². The molecule has 0 saturated carbocycles. The Hall–Kier alpha value is -2.15. The van der Waals surface area contributed by atoms with Crippen molar-refractivity contribution in [2.45, 2.75) is 26.7 Å². The molecule has 2 heterocycles. The van der Waals surface area contributed by atoms with Crippen molar-refractivity contribution >= 4 is 23.0 Å². The molecule has 1 aliphatic heterocycles. The lowest BCUT2D eigenvalue weighted by atomic mass is 10.2. The number of guanidine groups is 1. The summed E-state index contributed by atoms with van der Waals surface area (Å²) in [5.41, 5.74) is 1.79. The summed E-state index contributed by atoms with van der Waals surface area (Å²) in [6, 6.07) is 7.00. The zero-order valence-corrected chi connectivity index (χ0v) is 16.9. The average Bonchev–Trinajstić information content (AvgIpc) is 3.10. The number of nitrogens with zero attached hydrogens (tertiary/aromatic N) is 4. The predicted octanol–water partition coefficient (Wildman–Crippen LogP) is 3.31. The van der Waals surface area contributed by atoms with Crippen LogP contribution in [-0.4, -0.2) is 55.1 Å². The molecule has 0 spiro atoms. The van der Waals surface area contributed by atoms with Crippen molar-refractivity contribution in [3.8, 4) is 0 Å². The van der Waals surface area contributed by atoms with Gasteiger partial charge in [0.2, 0.25) is 0 Å². The van der Waals surface area contributed by atoms with Crippen LogP contribution in [0.2, 0.25) is 0 Å². The van der Waals surface area contributed by atoms with Gasteiger partial charge in [-0.15, -0.1) is 11.3 Å². The van der Waals surface area contributed by atoms with E-state index in [0.29, 0.717) is 5.69 Å². The Morgan fingerprint density at radius 1 is 1.26 bits per heavy atom. The van der Waals surface area contributed by atoms with Gasteiger partial charge in [-0.1, -0.05) is 12.1 Å². The minimum Gasteiger partial charge on any atom is -0.366 e. The Labute approximate surface area is 164 Å². The highest BCUT2D eigenvalue weighted by Gasteiger charge is 2.21. The molecule has 0 radical (unpaired) electrons. The smallest absolute Gasteiger partial charge is 0.194 e. The standard InChI is InChI=1S/C20H28FN5S/c1-3-22-20(23-10-6-9-19-24-16(2)15-27-19)26-13-11-25(12-14-26)18-8-5-4-7-17(18)21/h4-5,7-8,15H,3,6,9-14H2,1-2H3,(H,22,23). The Kier molecular flexibility index (Phi) is 7.04. The molecule has 7 heteroatoms. The molecule has 3 rings (SSSR count). The lowest BCUT2D eigenvalue weighted by Crippen LogP contribution is -2.52. The number of aromatic nitrogens is 1. The molecule has 0 atom stereocenters. The summed E-state index contributed by atoms with van der Waals surface area (Å²) in [5.74, 6) is 0.810. The zero-order chi connectivity index (χ0) is 19.1. The molecule has 1 aromatic carbocycles. The molecular formula is C20H28FN5S. The fraction of sp³-hybridized carbons (Fsp3) is 0.500. The molecule has 1 fully saturated rings. The maximum absolute atomic E-state index is 14.0. The van der Waals surface area contributed by atoms with Crippen LogP contribution in [0.4, 0.5) is 10.1 Å². The van der Waals surface area contributed by atoms with E-state index in [-0.39, 0.29) is 5.82 Å². The summed E-state index contributed by atoms with van der Waals surface area (Å²) < 4.78 is 14.0. The number of aliphatic imine (C=N–C) groups is 1. The summed E-state index contributed by atoms with van der Waals surface area (Å²) in [4.78, 5) is 13.7. The molecule has 5 nitrogen and oxygen atoms in total. The summed E-state index contributed by atoms with van der Waals surface area (Å²) in [6.07, 6.45) is 1.97. The molecule has 146 valence electrons. The quantitative estimate of drug-likeness (QED) is 0.468. The van der Waals surface area contributed by atoms with Crippen molar-refractivity contribution < 1.29 is 4.39 Å². The number of hydrogen-bond acceptors (Lipinski definition) is 4. The molecular weight excluding hydrogens is 361 g/mol. The maximum Gasteiger partial charge on any atom is 0.194 e. The van der Waals surface area contributed by atoms with E-state index in [0.717, 1.165) is 63.8 Å². The van der Waals surface area contributed by atoms with E-state index in [4.69, 9.17) is 4.99 Å². The Morgan fingerprint density at radius 2 is 2.04 bits per heavy atom. The van der Waals surface area contributed by atoms with Crippen LogP contribution in [-0.2, 0) is 6.42 Å². The normalized spacial score (nSPS) is 15.3. The maximum atomic E-state index is 14.0. The number of benzene rings is 1. The van der Waals surface area contributed by atoms with Gasteiger partial charge in [0.15, 0.2) is 5.96 Å². The summed E-state index contributed by atoms with van der Waals surface area (Å²) in [6.45, 7) is 9.02. The van der Waals surface area contributed by atoms with E-state index in [1.165, 1.54) is 11.1 Å². The van der Waals surface area contributed by atoms with Gasteiger partial charge >= 0.3 is 0 Å². The summed E-state index contributed by atoms with van der Waals surface area (Å²) >= 11 is 1.72. The van der Waals surface area contributed by atoms with E-state index in [1.54, 1.807) is 17.4 Å². The average molecular weight is 390 g/mol. The van der Waals surface area contributed by atoms with E-state index < -0.39 is 0 Å². The van der Waals surface area contributed by atoms with Gasteiger partial charge in [-0.3, -0.25) is 4.99 Å². The van der Waals surface area contributed by atoms with Gasteiger partial charge in [-0.05, 0) is 32.4 Å². The number of aryl methyl sites for hydroxylation is 2. The van der Waals surface area contributed by atoms with Crippen molar-refractivity contribution in [3.05, 3.63) is 46.2 Å². The predicted molar refractivity (Wildman–Crippen MR) is 111 cm³/mol. The third-order valence-corrected chi connectivity index (χ3v) is 5.61. The van der Waals surface area contributed by atoms with Gasteiger partial charge in [-0.25, -0.2) is 9.37 Å². The number of anilines is 1. The van der Waals surface area contributed by atoms with E-state index in [1.807, 2.05) is 19.1 Å². The topological polar surface area (TPSA) is 43.8 Å². The number of hydrogen-bond donors (Lipinski definition) is 1. The first-order chi connectivity index (χ1) is 13.2. The van der Waals surface area contributed by atoms with Gasteiger partial charge < -0.3 is 15.1 Å². The third-order valence-electron chi connectivity index (χ3n) is 4.58. The second-order valence-corrected chi connectivity index (χ2v) is 7.59. The van der Waals surface area contributed by atoms with E-state index in [2.05, 4.69) is 32.4 Å². The van der Waals surface area contributed by atoms with Crippen LogP contribution >= 0.6 is 11.3 Å². The molecule has 1 saturated heterocycles. The van der Waals surface area contributed by atoms with Gasteiger partial charge in [0, 0.05) is 56.8 Å². The van der Waals surface area contributed by atoms with Crippen LogP contribution in [0.1, 0.15) is 24.0 Å². The van der Waals surface area contributed by atoms with Gasteiger partial charge in [-0.2, -0.15) is 0 Å². The van der Waals surface area contributed by atoms with E-state index in [9.17, 15) is 4.39 Å². The van der Waals surface area contributed by atoms with Crippen LogP contribution in [0.25, 0.3) is 0 Å². The largest absolute Gasteiger partial charge is 0.366 e. The number of nitrogens with one attached hydrogen (secondary N) is 1. The number of thiazole rings is 1. The third kappa shape index (κ3) is 5.42. The number of para-hydroxylation sites is 1. The minimum atomic E-state index is -0.149. The molecule has 0 amide bonds.